The van der Waals surface area contributed by atoms with E-state index < -0.39 is 30.4 Å². The Bertz CT molecular complexity index is 454. The Morgan fingerprint density at radius 3 is 2.20 bits per heavy atom. The predicted molar refractivity (Wildman–Crippen MR) is 66.2 cm³/mol. The molecular weight excluding hydrogens is 352 g/mol. The minimum Gasteiger partial charge on any atom is -0.313 e. The number of hydrogen-bond donors (Lipinski definition) is 1. The van der Waals surface area contributed by atoms with Crippen LogP contribution in [-0.2, 0) is 6.18 Å². The van der Waals surface area contributed by atoms with Gasteiger partial charge in [-0.2, -0.15) is 26.3 Å². The van der Waals surface area contributed by atoms with Gasteiger partial charge >= 0.3 is 12.4 Å². The largest absolute Gasteiger partial charge is 0.416 e. The summed E-state index contributed by atoms with van der Waals surface area (Å²) in [6.07, 6.45) is -10.3. The molecule has 114 valence electrons. The van der Waals surface area contributed by atoms with E-state index in [1.807, 2.05) is 0 Å². The summed E-state index contributed by atoms with van der Waals surface area (Å²) in [7, 11) is 1.41. The summed E-state index contributed by atoms with van der Waals surface area (Å²) in [5, 5.41) is 2.61. The van der Waals surface area contributed by atoms with Crippen molar-refractivity contribution >= 4 is 15.9 Å². The van der Waals surface area contributed by atoms with E-state index in [0.717, 1.165) is 12.1 Å². The van der Waals surface area contributed by atoms with Gasteiger partial charge in [0, 0.05) is 16.9 Å². The first kappa shape index (κ1) is 17.3. The van der Waals surface area contributed by atoms with Crippen LogP contribution in [0.4, 0.5) is 26.3 Å². The second-order valence-electron chi connectivity index (χ2n) is 4.23. The Morgan fingerprint density at radius 1 is 1.15 bits per heavy atom. The Kier molecular flexibility index (Phi) is 5.48. The van der Waals surface area contributed by atoms with Crippen LogP contribution in [0, 0.1) is 0 Å². The maximum atomic E-state index is 12.6. The fourth-order valence-electron chi connectivity index (χ4n) is 1.75. The average Bonchev–Trinajstić information content (AvgIpc) is 2.29. The molecule has 0 aliphatic carbocycles. The lowest BCUT2D eigenvalue weighted by atomic mass is 9.99. The summed E-state index contributed by atoms with van der Waals surface area (Å²) in [4.78, 5) is 0. The first-order valence-corrected chi connectivity index (χ1v) is 6.44. The molecule has 0 spiro atoms. The molecule has 0 heterocycles. The molecule has 1 unspecified atom stereocenters. The Labute approximate surface area is 120 Å². The van der Waals surface area contributed by atoms with Crippen LogP contribution in [0.3, 0.4) is 0 Å². The molecule has 1 N–H and O–H groups in total. The van der Waals surface area contributed by atoms with Crippen molar-refractivity contribution in [3.63, 3.8) is 0 Å². The van der Waals surface area contributed by atoms with Crippen molar-refractivity contribution in [2.24, 2.45) is 0 Å². The number of benzene rings is 1. The van der Waals surface area contributed by atoms with Crippen molar-refractivity contribution in [3.05, 3.63) is 33.8 Å². The monoisotopic (exact) mass is 363 g/mol. The van der Waals surface area contributed by atoms with E-state index in [0.29, 0.717) is 4.47 Å². The SMILES string of the molecule is CNC(CCC(F)(F)F)c1cc(C(F)(F)F)ccc1Br. The highest BCUT2D eigenvalue weighted by Crippen LogP contribution is 2.36. The molecule has 1 nitrogen and oxygen atoms in total. The van der Waals surface area contributed by atoms with Crippen LogP contribution in [0.25, 0.3) is 0 Å². The number of nitrogens with one attached hydrogen (secondary N) is 1. The van der Waals surface area contributed by atoms with Gasteiger partial charge in [-0.05, 0) is 37.2 Å². The van der Waals surface area contributed by atoms with Gasteiger partial charge in [-0.3, -0.25) is 0 Å². The molecule has 0 bridgehead atoms. The lowest BCUT2D eigenvalue weighted by Gasteiger charge is -2.20. The minimum atomic E-state index is -4.53. The third kappa shape index (κ3) is 4.97. The zero-order chi connectivity index (χ0) is 15.6. The van der Waals surface area contributed by atoms with Gasteiger partial charge in [0.2, 0.25) is 0 Å². The molecule has 20 heavy (non-hydrogen) atoms. The third-order valence-electron chi connectivity index (χ3n) is 2.76. The van der Waals surface area contributed by atoms with Gasteiger partial charge in [-0.25, -0.2) is 0 Å². The van der Waals surface area contributed by atoms with E-state index >= 15 is 0 Å². The minimum absolute atomic E-state index is 0.159. The first-order valence-electron chi connectivity index (χ1n) is 5.65. The van der Waals surface area contributed by atoms with Crippen molar-refractivity contribution in [1.82, 2.24) is 5.32 Å². The zero-order valence-electron chi connectivity index (χ0n) is 10.4. The normalized spacial score (nSPS) is 14.4. The Balaban J connectivity index is 3.02. The molecule has 1 aromatic rings. The summed E-state index contributed by atoms with van der Waals surface area (Å²) in [5.41, 5.74) is -0.727. The molecule has 0 amide bonds. The maximum absolute atomic E-state index is 12.6. The molecule has 0 fully saturated rings. The van der Waals surface area contributed by atoms with Crippen molar-refractivity contribution in [2.45, 2.75) is 31.2 Å². The highest BCUT2D eigenvalue weighted by Gasteiger charge is 2.33. The van der Waals surface area contributed by atoms with Crippen LogP contribution in [0.2, 0.25) is 0 Å². The smallest absolute Gasteiger partial charge is 0.313 e. The molecule has 8 heteroatoms. The van der Waals surface area contributed by atoms with Crippen molar-refractivity contribution < 1.29 is 26.3 Å². The van der Waals surface area contributed by atoms with E-state index in [9.17, 15) is 26.3 Å². The van der Waals surface area contributed by atoms with Crippen molar-refractivity contribution in [1.29, 1.82) is 0 Å². The van der Waals surface area contributed by atoms with E-state index in [1.165, 1.54) is 13.1 Å². The molecular formula is C12H12BrF6N. The quantitative estimate of drug-likeness (QED) is 0.736. The van der Waals surface area contributed by atoms with E-state index in [4.69, 9.17) is 0 Å². The van der Waals surface area contributed by atoms with Crippen LogP contribution in [0.15, 0.2) is 22.7 Å². The van der Waals surface area contributed by atoms with Gasteiger partial charge in [0.15, 0.2) is 0 Å². The van der Waals surface area contributed by atoms with Crippen molar-refractivity contribution in [2.75, 3.05) is 7.05 Å². The molecule has 0 saturated carbocycles. The molecule has 0 aliphatic rings. The second kappa shape index (κ2) is 6.34. The van der Waals surface area contributed by atoms with E-state index in [1.54, 1.807) is 0 Å². The number of alkyl halides is 6. The van der Waals surface area contributed by atoms with Crippen LogP contribution >= 0.6 is 15.9 Å². The second-order valence-corrected chi connectivity index (χ2v) is 5.08. The molecule has 0 aromatic heterocycles. The van der Waals surface area contributed by atoms with Crippen LogP contribution in [0.1, 0.15) is 30.0 Å². The van der Waals surface area contributed by atoms with Gasteiger partial charge in [0.05, 0.1) is 5.56 Å². The van der Waals surface area contributed by atoms with E-state index in [-0.39, 0.29) is 12.0 Å². The van der Waals surface area contributed by atoms with Gasteiger partial charge < -0.3 is 5.32 Å². The van der Waals surface area contributed by atoms with Crippen LogP contribution < -0.4 is 5.32 Å². The summed E-state index contributed by atoms with van der Waals surface area (Å²) >= 11 is 3.07. The Hall–Kier alpha value is -0.760. The van der Waals surface area contributed by atoms with Gasteiger partial charge in [0.25, 0.3) is 0 Å². The summed E-state index contributed by atoms with van der Waals surface area (Å²) in [6.45, 7) is 0. The molecule has 0 aliphatic heterocycles. The Morgan fingerprint density at radius 2 is 1.75 bits per heavy atom. The lowest BCUT2D eigenvalue weighted by Crippen LogP contribution is -2.20. The number of rotatable bonds is 4. The topological polar surface area (TPSA) is 12.0 Å². The molecule has 0 radical (unpaired) electrons. The molecule has 1 aromatic carbocycles. The van der Waals surface area contributed by atoms with Gasteiger partial charge in [-0.15, -0.1) is 0 Å². The van der Waals surface area contributed by atoms with Gasteiger partial charge in [-0.1, -0.05) is 15.9 Å². The lowest BCUT2D eigenvalue weighted by molar-refractivity contribution is -0.138. The van der Waals surface area contributed by atoms with Crippen LogP contribution in [0.5, 0.6) is 0 Å². The predicted octanol–water partition coefficient (Wildman–Crippen LogP) is 5.07. The fraction of sp³-hybridized carbons (Fsp3) is 0.500. The summed E-state index contributed by atoms with van der Waals surface area (Å²) in [5.74, 6) is 0. The maximum Gasteiger partial charge on any atom is 0.416 e. The molecule has 1 atom stereocenters. The number of hydrogen-bond acceptors (Lipinski definition) is 1. The average molecular weight is 364 g/mol. The molecule has 0 saturated heterocycles. The first-order chi connectivity index (χ1) is 9.04. The standard InChI is InChI=1S/C12H12BrF6N/c1-20-10(4-5-11(14,15)16)8-6-7(12(17,18)19)2-3-9(8)13/h2-3,6,10,20H,4-5H2,1H3. The van der Waals surface area contributed by atoms with Gasteiger partial charge in [0.1, 0.15) is 0 Å². The zero-order valence-corrected chi connectivity index (χ0v) is 12.0. The fourth-order valence-corrected chi connectivity index (χ4v) is 2.27. The summed E-state index contributed by atoms with van der Waals surface area (Å²) < 4.78 is 74.9. The molecule has 1 rings (SSSR count). The number of halogens is 7. The summed E-state index contributed by atoms with van der Waals surface area (Å²) in [6, 6.07) is 2.12. The van der Waals surface area contributed by atoms with E-state index in [2.05, 4.69) is 21.2 Å². The van der Waals surface area contributed by atoms with Crippen LogP contribution in [-0.4, -0.2) is 13.2 Å². The highest BCUT2D eigenvalue weighted by molar-refractivity contribution is 9.10. The highest BCUT2D eigenvalue weighted by atomic mass is 79.9. The van der Waals surface area contributed by atoms with Crippen molar-refractivity contribution in [3.8, 4) is 0 Å². The third-order valence-corrected chi connectivity index (χ3v) is 3.49.